The third kappa shape index (κ3) is 5.82. The summed E-state index contributed by atoms with van der Waals surface area (Å²) in [5.41, 5.74) is 2.52. The number of hydrazine groups is 1. The van der Waals surface area contributed by atoms with Gasteiger partial charge in [0.15, 0.2) is 5.82 Å². The number of nitrogens with two attached hydrogens (primary N) is 1. The lowest BCUT2D eigenvalue weighted by atomic mass is 9.85. The van der Waals surface area contributed by atoms with E-state index >= 15 is 0 Å². The molecule has 120 valence electrons. The van der Waals surface area contributed by atoms with Crippen molar-refractivity contribution in [3.8, 4) is 0 Å². The zero-order valence-electron chi connectivity index (χ0n) is 13.3. The Morgan fingerprint density at radius 2 is 2.00 bits per heavy atom. The Morgan fingerprint density at radius 3 is 2.52 bits per heavy atom. The van der Waals surface area contributed by atoms with Gasteiger partial charge in [-0.3, -0.25) is 0 Å². The van der Waals surface area contributed by atoms with Crippen LogP contribution in [-0.2, 0) is 11.3 Å². The van der Waals surface area contributed by atoms with E-state index in [-0.39, 0.29) is 18.1 Å². The molecule has 1 unspecified atom stereocenters. The second kappa shape index (κ2) is 8.11. The Bertz CT molecular complexity index is 434. The summed E-state index contributed by atoms with van der Waals surface area (Å²) in [6, 6.07) is 1.83. The van der Waals surface area contributed by atoms with Gasteiger partial charge in [-0.25, -0.2) is 15.8 Å². The largest absolute Gasteiger partial charge is 0.396 e. The molecule has 0 aromatic carbocycles. The number of rotatable bonds is 8. The molecule has 1 atom stereocenters. The quantitative estimate of drug-likeness (QED) is 0.426. The summed E-state index contributed by atoms with van der Waals surface area (Å²) < 4.78 is 5.33. The maximum atomic E-state index is 9.22. The van der Waals surface area contributed by atoms with E-state index in [0.29, 0.717) is 37.1 Å². The number of nitrogens with one attached hydrogen (secondary N) is 2. The van der Waals surface area contributed by atoms with Crippen LogP contribution in [-0.4, -0.2) is 34.3 Å². The van der Waals surface area contributed by atoms with Crippen LogP contribution in [0.1, 0.15) is 39.9 Å². The fraction of sp³-hybridized carbons (Fsp3) is 0.714. The van der Waals surface area contributed by atoms with Crippen LogP contribution in [0.3, 0.4) is 0 Å². The summed E-state index contributed by atoms with van der Waals surface area (Å²) in [5.74, 6) is 7.20. The number of aliphatic hydroxyl groups is 1. The molecule has 0 amide bonds. The molecule has 0 aliphatic rings. The van der Waals surface area contributed by atoms with Crippen LogP contribution in [0.25, 0.3) is 0 Å². The molecule has 7 nitrogen and oxygen atoms in total. The molecular weight excluding hydrogens is 270 g/mol. The van der Waals surface area contributed by atoms with Gasteiger partial charge < -0.3 is 20.6 Å². The predicted octanol–water partition coefficient (Wildman–Crippen LogP) is 1.51. The van der Waals surface area contributed by atoms with Gasteiger partial charge in [0.1, 0.15) is 18.2 Å². The molecule has 1 rings (SSSR count). The Balaban J connectivity index is 2.93. The third-order valence-electron chi connectivity index (χ3n) is 3.14. The molecule has 7 heteroatoms. The van der Waals surface area contributed by atoms with Gasteiger partial charge in [-0.05, 0) is 18.8 Å². The molecule has 0 saturated carbocycles. The molecule has 5 N–H and O–H groups in total. The number of hydrogen-bond acceptors (Lipinski definition) is 7. The fourth-order valence-corrected chi connectivity index (χ4v) is 1.93. The van der Waals surface area contributed by atoms with Crippen molar-refractivity contribution >= 4 is 11.6 Å². The lowest BCUT2D eigenvalue weighted by Crippen LogP contribution is -2.35. The van der Waals surface area contributed by atoms with Crippen LogP contribution in [0.2, 0.25) is 0 Å². The second-order valence-electron chi connectivity index (χ2n) is 5.91. The number of anilines is 2. The zero-order valence-corrected chi connectivity index (χ0v) is 13.3. The predicted molar refractivity (Wildman–Crippen MR) is 83.7 cm³/mol. The Morgan fingerprint density at radius 1 is 1.33 bits per heavy atom. The number of nitrogens with zero attached hydrogens (tertiary/aromatic N) is 2. The maximum absolute atomic E-state index is 9.22. The van der Waals surface area contributed by atoms with Crippen molar-refractivity contribution in [3.63, 3.8) is 0 Å². The summed E-state index contributed by atoms with van der Waals surface area (Å²) in [6.07, 6.45) is 0.639. The molecule has 0 saturated heterocycles. The molecule has 0 aliphatic heterocycles. The van der Waals surface area contributed by atoms with E-state index in [1.54, 1.807) is 6.07 Å². The Hall–Kier alpha value is -1.44. The first kappa shape index (κ1) is 17.6. The molecule has 21 heavy (non-hydrogen) atoms. The molecule has 1 aromatic rings. The van der Waals surface area contributed by atoms with Gasteiger partial charge in [-0.2, -0.15) is 0 Å². The van der Waals surface area contributed by atoms with Crippen LogP contribution in [0.4, 0.5) is 11.6 Å². The SMILES string of the molecule is CCOCc1nc(NN)cc(NC(CCO)C(C)(C)C)n1. The summed E-state index contributed by atoms with van der Waals surface area (Å²) in [5, 5.41) is 12.6. The van der Waals surface area contributed by atoms with Gasteiger partial charge >= 0.3 is 0 Å². The average Bonchev–Trinajstić information content (AvgIpc) is 2.43. The highest BCUT2D eigenvalue weighted by Gasteiger charge is 2.24. The van der Waals surface area contributed by atoms with Crippen molar-refractivity contribution in [2.45, 2.75) is 46.8 Å². The highest BCUT2D eigenvalue weighted by Crippen LogP contribution is 2.25. The minimum Gasteiger partial charge on any atom is -0.396 e. The number of aliphatic hydroxyl groups excluding tert-OH is 1. The van der Waals surface area contributed by atoms with Crippen LogP contribution < -0.4 is 16.6 Å². The molecule has 0 bridgehead atoms. The van der Waals surface area contributed by atoms with Gasteiger partial charge in [-0.15, -0.1) is 0 Å². The smallest absolute Gasteiger partial charge is 0.158 e. The summed E-state index contributed by atoms with van der Waals surface area (Å²) in [4.78, 5) is 8.67. The van der Waals surface area contributed by atoms with Crippen molar-refractivity contribution in [3.05, 3.63) is 11.9 Å². The van der Waals surface area contributed by atoms with Crippen molar-refractivity contribution in [2.75, 3.05) is 24.0 Å². The molecule has 1 heterocycles. The van der Waals surface area contributed by atoms with E-state index in [0.717, 1.165) is 0 Å². The zero-order chi connectivity index (χ0) is 15.9. The Kier molecular flexibility index (Phi) is 6.80. The summed E-state index contributed by atoms with van der Waals surface area (Å²) in [6.45, 7) is 9.32. The molecule has 0 fully saturated rings. The Labute approximate surface area is 126 Å². The normalized spacial score (nSPS) is 13.0. The minimum atomic E-state index is -0.00985. The summed E-state index contributed by atoms with van der Waals surface area (Å²) >= 11 is 0. The van der Waals surface area contributed by atoms with Gasteiger partial charge in [0.2, 0.25) is 0 Å². The standard InChI is InChI=1S/C14H27N5O2/c1-5-21-9-13-17-11(8-12(18-13)19-15)16-10(6-7-20)14(2,3)4/h8,10,20H,5-7,9,15H2,1-4H3,(H2,16,17,18,19). The number of nitrogen functional groups attached to an aromatic ring is 1. The van der Waals surface area contributed by atoms with E-state index in [1.807, 2.05) is 6.92 Å². The number of hydrogen-bond donors (Lipinski definition) is 4. The lowest BCUT2D eigenvalue weighted by molar-refractivity contribution is 0.128. The minimum absolute atomic E-state index is 0.00985. The highest BCUT2D eigenvalue weighted by atomic mass is 16.5. The van der Waals surface area contributed by atoms with Crippen molar-refractivity contribution in [1.29, 1.82) is 0 Å². The van der Waals surface area contributed by atoms with E-state index in [1.165, 1.54) is 0 Å². The number of aromatic nitrogens is 2. The molecule has 0 spiro atoms. The molecule has 1 aromatic heterocycles. The average molecular weight is 297 g/mol. The monoisotopic (exact) mass is 297 g/mol. The molecule has 0 radical (unpaired) electrons. The fourth-order valence-electron chi connectivity index (χ4n) is 1.93. The highest BCUT2D eigenvalue weighted by molar-refractivity contribution is 5.47. The van der Waals surface area contributed by atoms with E-state index in [2.05, 4.69) is 41.5 Å². The van der Waals surface area contributed by atoms with Crippen LogP contribution in [0.15, 0.2) is 6.07 Å². The summed E-state index contributed by atoms with van der Waals surface area (Å²) in [7, 11) is 0. The first-order valence-electron chi connectivity index (χ1n) is 7.20. The van der Waals surface area contributed by atoms with Crippen molar-refractivity contribution in [1.82, 2.24) is 9.97 Å². The van der Waals surface area contributed by atoms with Gasteiger partial charge in [0.05, 0.1) is 0 Å². The van der Waals surface area contributed by atoms with Gasteiger partial charge in [-0.1, -0.05) is 20.8 Å². The van der Waals surface area contributed by atoms with Crippen LogP contribution in [0, 0.1) is 5.41 Å². The van der Waals surface area contributed by atoms with E-state index in [4.69, 9.17) is 10.6 Å². The first-order valence-corrected chi connectivity index (χ1v) is 7.20. The van der Waals surface area contributed by atoms with Crippen LogP contribution >= 0.6 is 0 Å². The van der Waals surface area contributed by atoms with E-state index in [9.17, 15) is 5.11 Å². The number of ether oxygens (including phenoxy) is 1. The van der Waals surface area contributed by atoms with Gasteiger partial charge in [0, 0.05) is 25.3 Å². The van der Waals surface area contributed by atoms with Crippen molar-refractivity contribution < 1.29 is 9.84 Å². The molecular formula is C14H27N5O2. The maximum Gasteiger partial charge on any atom is 0.158 e. The van der Waals surface area contributed by atoms with Crippen molar-refractivity contribution in [2.24, 2.45) is 11.3 Å². The third-order valence-corrected chi connectivity index (χ3v) is 3.14. The van der Waals surface area contributed by atoms with Crippen LogP contribution in [0.5, 0.6) is 0 Å². The molecule has 0 aliphatic carbocycles. The van der Waals surface area contributed by atoms with Gasteiger partial charge in [0.25, 0.3) is 0 Å². The topological polar surface area (TPSA) is 105 Å². The second-order valence-corrected chi connectivity index (χ2v) is 5.91. The first-order chi connectivity index (χ1) is 9.90. The van der Waals surface area contributed by atoms with E-state index < -0.39 is 0 Å². The lowest BCUT2D eigenvalue weighted by Gasteiger charge is -2.31.